The molecule has 2 fully saturated rings. The lowest BCUT2D eigenvalue weighted by atomic mass is 10.1. The summed E-state index contributed by atoms with van der Waals surface area (Å²) in [6.45, 7) is 5.44. The minimum atomic E-state index is -0.0732. The van der Waals surface area contributed by atoms with Crippen LogP contribution < -0.4 is 4.74 Å². The molecule has 2 aromatic heterocycles. The first kappa shape index (κ1) is 21.6. The first-order valence-corrected chi connectivity index (χ1v) is 11.7. The van der Waals surface area contributed by atoms with E-state index in [0.29, 0.717) is 12.1 Å². The van der Waals surface area contributed by atoms with Gasteiger partial charge in [-0.3, -0.25) is 14.7 Å². The standard InChI is InChI=1S/C25H29N5O3/c1-18-24(28-33-27-18)23-6-4-14-30(23)25(31)19-7-9-21(10-8-19)32-22-11-15-29(16-12-22)17-20-5-2-3-13-26-20/h2-3,5,7-10,13,22-23H,4,6,11-12,14-17H2,1H3/t23-/m0/s1. The number of hydrogen-bond acceptors (Lipinski definition) is 7. The van der Waals surface area contributed by atoms with Gasteiger partial charge in [-0.25, -0.2) is 4.63 Å². The van der Waals surface area contributed by atoms with Crippen molar-refractivity contribution in [1.82, 2.24) is 25.1 Å². The van der Waals surface area contributed by atoms with E-state index in [-0.39, 0.29) is 18.1 Å². The first-order chi connectivity index (χ1) is 16.2. The van der Waals surface area contributed by atoms with Crippen LogP contribution in [-0.4, -0.2) is 56.7 Å². The highest BCUT2D eigenvalue weighted by atomic mass is 16.6. The molecule has 172 valence electrons. The van der Waals surface area contributed by atoms with Gasteiger partial charge < -0.3 is 9.64 Å². The van der Waals surface area contributed by atoms with Crippen molar-refractivity contribution in [3.63, 3.8) is 0 Å². The van der Waals surface area contributed by atoms with Crippen LogP contribution in [0.3, 0.4) is 0 Å². The Bertz CT molecular complexity index is 1060. The monoisotopic (exact) mass is 447 g/mol. The lowest BCUT2D eigenvalue weighted by Crippen LogP contribution is -2.38. The van der Waals surface area contributed by atoms with Gasteiger partial charge in [-0.2, -0.15) is 0 Å². The summed E-state index contributed by atoms with van der Waals surface area (Å²) in [7, 11) is 0. The number of piperidine rings is 1. The van der Waals surface area contributed by atoms with E-state index in [1.807, 2.05) is 54.4 Å². The molecule has 0 bridgehead atoms. The highest BCUT2D eigenvalue weighted by Crippen LogP contribution is 2.33. The molecule has 0 N–H and O–H groups in total. The Balaban J connectivity index is 1.15. The van der Waals surface area contributed by atoms with Crippen molar-refractivity contribution >= 4 is 5.91 Å². The van der Waals surface area contributed by atoms with Crippen molar-refractivity contribution in [3.05, 3.63) is 71.3 Å². The smallest absolute Gasteiger partial charge is 0.254 e. The first-order valence-electron chi connectivity index (χ1n) is 11.7. The topological polar surface area (TPSA) is 84.6 Å². The molecular weight excluding hydrogens is 418 g/mol. The maximum absolute atomic E-state index is 13.1. The number of likely N-dealkylation sites (tertiary alicyclic amines) is 2. The fourth-order valence-corrected chi connectivity index (χ4v) is 4.77. The van der Waals surface area contributed by atoms with Crippen molar-refractivity contribution in [2.24, 2.45) is 0 Å². The summed E-state index contributed by atoms with van der Waals surface area (Å²) in [5, 5.41) is 7.90. The number of nitrogens with zero attached hydrogens (tertiary/aromatic N) is 5. The molecule has 1 atom stereocenters. The third-order valence-electron chi connectivity index (χ3n) is 6.57. The summed E-state index contributed by atoms with van der Waals surface area (Å²) < 4.78 is 11.1. The number of aromatic nitrogens is 3. The van der Waals surface area contributed by atoms with Crippen LogP contribution in [0.5, 0.6) is 5.75 Å². The number of pyridine rings is 1. The molecule has 3 aromatic rings. The summed E-state index contributed by atoms with van der Waals surface area (Å²) in [5.74, 6) is 0.818. The molecule has 33 heavy (non-hydrogen) atoms. The Hall–Kier alpha value is -3.26. The summed E-state index contributed by atoms with van der Waals surface area (Å²) in [6.07, 6.45) is 5.82. The number of carbonyl (C=O) groups is 1. The van der Waals surface area contributed by atoms with Crippen molar-refractivity contribution in [3.8, 4) is 5.75 Å². The average molecular weight is 448 g/mol. The fraction of sp³-hybridized carbons (Fsp3) is 0.440. The summed E-state index contributed by atoms with van der Waals surface area (Å²) in [6, 6.07) is 13.5. The molecular formula is C25H29N5O3. The van der Waals surface area contributed by atoms with Crippen LogP contribution in [0, 0.1) is 6.92 Å². The number of hydrogen-bond donors (Lipinski definition) is 0. The Morgan fingerprint density at radius 2 is 1.88 bits per heavy atom. The number of rotatable bonds is 6. The van der Waals surface area contributed by atoms with Gasteiger partial charge in [-0.05, 0) is 69.0 Å². The zero-order chi connectivity index (χ0) is 22.6. The SMILES string of the molecule is Cc1nonc1[C@@H]1CCCN1C(=O)c1ccc(OC2CCN(Cc3ccccn3)CC2)cc1. The number of carbonyl (C=O) groups excluding carboxylic acids is 1. The Kier molecular flexibility index (Phi) is 6.35. The van der Waals surface area contributed by atoms with E-state index in [1.165, 1.54) is 0 Å². The van der Waals surface area contributed by atoms with Crippen LogP contribution in [0.2, 0.25) is 0 Å². The van der Waals surface area contributed by atoms with Gasteiger partial charge in [0.15, 0.2) is 0 Å². The minimum Gasteiger partial charge on any atom is -0.490 e. The summed E-state index contributed by atoms with van der Waals surface area (Å²) in [4.78, 5) is 21.9. The van der Waals surface area contributed by atoms with Crippen molar-refractivity contribution < 1.29 is 14.2 Å². The van der Waals surface area contributed by atoms with Crippen LogP contribution in [0.4, 0.5) is 0 Å². The molecule has 5 rings (SSSR count). The van der Waals surface area contributed by atoms with Gasteiger partial charge in [-0.15, -0.1) is 0 Å². The Labute approximate surface area is 193 Å². The van der Waals surface area contributed by atoms with E-state index in [9.17, 15) is 4.79 Å². The summed E-state index contributed by atoms with van der Waals surface area (Å²) >= 11 is 0. The number of benzene rings is 1. The van der Waals surface area contributed by atoms with Gasteiger partial charge >= 0.3 is 0 Å². The predicted molar refractivity (Wildman–Crippen MR) is 122 cm³/mol. The van der Waals surface area contributed by atoms with E-state index in [1.54, 1.807) is 0 Å². The number of amides is 1. The van der Waals surface area contributed by atoms with Gasteiger partial charge in [0.25, 0.3) is 5.91 Å². The largest absolute Gasteiger partial charge is 0.490 e. The molecule has 2 aliphatic rings. The average Bonchev–Trinajstić information content (AvgIpc) is 3.50. The van der Waals surface area contributed by atoms with Gasteiger partial charge in [0, 0.05) is 37.9 Å². The second-order valence-corrected chi connectivity index (χ2v) is 8.83. The predicted octanol–water partition coefficient (Wildman–Crippen LogP) is 3.79. The third-order valence-corrected chi connectivity index (χ3v) is 6.57. The number of ether oxygens (including phenoxy) is 1. The second-order valence-electron chi connectivity index (χ2n) is 8.83. The quantitative estimate of drug-likeness (QED) is 0.568. The van der Waals surface area contributed by atoms with Crippen molar-refractivity contribution in [1.29, 1.82) is 0 Å². The van der Waals surface area contributed by atoms with E-state index in [4.69, 9.17) is 9.37 Å². The van der Waals surface area contributed by atoms with E-state index >= 15 is 0 Å². The van der Waals surface area contributed by atoms with Crippen LogP contribution >= 0.6 is 0 Å². The number of aryl methyl sites for hydroxylation is 1. The molecule has 8 nitrogen and oxygen atoms in total. The second kappa shape index (κ2) is 9.70. The Morgan fingerprint density at radius 1 is 1.06 bits per heavy atom. The van der Waals surface area contributed by atoms with Gasteiger partial charge in [0.2, 0.25) is 0 Å². The minimum absolute atomic E-state index is 0.00859. The van der Waals surface area contributed by atoms with Crippen LogP contribution in [0.1, 0.15) is 59.2 Å². The summed E-state index contributed by atoms with van der Waals surface area (Å²) in [5.41, 5.74) is 3.27. The molecule has 2 saturated heterocycles. The molecule has 0 unspecified atom stereocenters. The van der Waals surface area contributed by atoms with Crippen LogP contribution in [0.15, 0.2) is 53.3 Å². The molecule has 1 amide bonds. The van der Waals surface area contributed by atoms with E-state index in [2.05, 4.69) is 26.3 Å². The maximum Gasteiger partial charge on any atom is 0.254 e. The van der Waals surface area contributed by atoms with Gasteiger partial charge in [-0.1, -0.05) is 16.4 Å². The highest BCUT2D eigenvalue weighted by molar-refractivity contribution is 5.94. The van der Waals surface area contributed by atoms with Crippen LogP contribution in [-0.2, 0) is 6.54 Å². The maximum atomic E-state index is 13.1. The third kappa shape index (κ3) is 4.90. The normalized spacial score (nSPS) is 19.7. The zero-order valence-corrected chi connectivity index (χ0v) is 18.9. The van der Waals surface area contributed by atoms with Crippen molar-refractivity contribution in [2.75, 3.05) is 19.6 Å². The lowest BCUT2D eigenvalue weighted by Gasteiger charge is -2.32. The van der Waals surface area contributed by atoms with Crippen molar-refractivity contribution in [2.45, 2.75) is 51.3 Å². The van der Waals surface area contributed by atoms with Gasteiger partial charge in [0.05, 0.1) is 11.7 Å². The molecule has 8 heteroatoms. The lowest BCUT2D eigenvalue weighted by molar-refractivity contribution is 0.0730. The molecule has 0 radical (unpaired) electrons. The highest BCUT2D eigenvalue weighted by Gasteiger charge is 2.34. The zero-order valence-electron chi connectivity index (χ0n) is 18.9. The molecule has 0 spiro atoms. The molecule has 0 aliphatic carbocycles. The molecule has 4 heterocycles. The molecule has 0 saturated carbocycles. The van der Waals surface area contributed by atoms with E-state index in [0.717, 1.165) is 68.1 Å². The fourth-order valence-electron chi connectivity index (χ4n) is 4.77. The van der Waals surface area contributed by atoms with Gasteiger partial charge in [0.1, 0.15) is 23.2 Å². The Morgan fingerprint density at radius 3 is 2.58 bits per heavy atom. The van der Waals surface area contributed by atoms with E-state index < -0.39 is 0 Å². The molecule has 1 aromatic carbocycles. The molecule has 2 aliphatic heterocycles. The van der Waals surface area contributed by atoms with Crippen LogP contribution in [0.25, 0.3) is 0 Å².